The van der Waals surface area contributed by atoms with Gasteiger partial charge in [-0.3, -0.25) is 9.10 Å². The zero-order chi connectivity index (χ0) is 17.9. The number of benzene rings is 1. The van der Waals surface area contributed by atoms with E-state index >= 15 is 0 Å². The van der Waals surface area contributed by atoms with Crippen LogP contribution in [0.25, 0.3) is 0 Å². The standard InChI is InChI=1S/C14H18Cl2N2O5S/c1-22-13-8-12(10(15)7-11(13)16)18(24(2,20)21)9-14(19)17-3-5-23-6-4-17/h7-8H,3-6,9H2,1-2H3. The Bertz CT molecular complexity index is 720. The summed E-state index contributed by atoms with van der Waals surface area (Å²) in [6.07, 6.45) is 1.01. The van der Waals surface area contributed by atoms with Gasteiger partial charge in [0.2, 0.25) is 15.9 Å². The average molecular weight is 397 g/mol. The van der Waals surface area contributed by atoms with Crippen molar-refractivity contribution in [2.45, 2.75) is 0 Å². The monoisotopic (exact) mass is 396 g/mol. The van der Waals surface area contributed by atoms with Crippen molar-refractivity contribution in [2.75, 3.05) is 50.5 Å². The van der Waals surface area contributed by atoms with E-state index in [-0.39, 0.29) is 33.9 Å². The van der Waals surface area contributed by atoms with E-state index in [0.29, 0.717) is 26.3 Å². The van der Waals surface area contributed by atoms with Crippen LogP contribution in [0, 0.1) is 0 Å². The first kappa shape index (κ1) is 19.1. The van der Waals surface area contributed by atoms with E-state index in [0.717, 1.165) is 10.6 Å². The van der Waals surface area contributed by atoms with Gasteiger partial charge in [0.1, 0.15) is 12.3 Å². The highest BCUT2D eigenvalue weighted by molar-refractivity contribution is 7.92. The van der Waals surface area contributed by atoms with E-state index in [1.165, 1.54) is 19.2 Å². The lowest BCUT2D eigenvalue weighted by atomic mass is 10.3. The van der Waals surface area contributed by atoms with Gasteiger partial charge in [0, 0.05) is 19.2 Å². The number of carbonyl (C=O) groups excluding carboxylic acids is 1. The van der Waals surface area contributed by atoms with Crippen LogP contribution in [-0.2, 0) is 19.6 Å². The minimum atomic E-state index is -3.74. The van der Waals surface area contributed by atoms with Gasteiger partial charge in [0.05, 0.1) is 42.3 Å². The smallest absolute Gasteiger partial charge is 0.243 e. The summed E-state index contributed by atoms with van der Waals surface area (Å²) in [4.78, 5) is 14.0. The summed E-state index contributed by atoms with van der Waals surface area (Å²) in [5.74, 6) is -0.0581. The van der Waals surface area contributed by atoms with Gasteiger partial charge in [-0.2, -0.15) is 0 Å². The topological polar surface area (TPSA) is 76.2 Å². The highest BCUT2D eigenvalue weighted by Gasteiger charge is 2.27. The lowest BCUT2D eigenvalue weighted by Gasteiger charge is -2.30. The molecule has 0 atom stereocenters. The molecule has 1 saturated heterocycles. The summed E-state index contributed by atoms with van der Waals surface area (Å²) in [6, 6.07) is 2.78. The molecule has 0 radical (unpaired) electrons. The number of hydrogen-bond acceptors (Lipinski definition) is 5. The Morgan fingerprint density at radius 2 is 1.92 bits per heavy atom. The van der Waals surface area contributed by atoms with E-state index < -0.39 is 10.0 Å². The van der Waals surface area contributed by atoms with Gasteiger partial charge in [0.25, 0.3) is 0 Å². The number of morpholine rings is 1. The van der Waals surface area contributed by atoms with Crippen LogP contribution in [0.3, 0.4) is 0 Å². The summed E-state index contributed by atoms with van der Waals surface area (Å²) in [5.41, 5.74) is 0.141. The highest BCUT2D eigenvalue weighted by atomic mass is 35.5. The number of ether oxygens (including phenoxy) is 2. The van der Waals surface area contributed by atoms with Gasteiger partial charge in [-0.25, -0.2) is 8.42 Å². The Labute approximate surface area is 151 Å². The van der Waals surface area contributed by atoms with E-state index in [4.69, 9.17) is 32.7 Å². The van der Waals surface area contributed by atoms with Crippen molar-refractivity contribution in [2.24, 2.45) is 0 Å². The highest BCUT2D eigenvalue weighted by Crippen LogP contribution is 2.37. The first-order valence-electron chi connectivity index (χ1n) is 7.10. The molecular formula is C14H18Cl2N2O5S. The number of halogens is 2. The van der Waals surface area contributed by atoms with Crippen LogP contribution >= 0.6 is 23.2 Å². The van der Waals surface area contributed by atoms with E-state index in [1.807, 2.05) is 0 Å². The molecule has 0 unspecified atom stereocenters. The third kappa shape index (κ3) is 4.44. The Balaban J connectivity index is 2.34. The predicted octanol–water partition coefficient (Wildman–Crippen LogP) is 1.63. The van der Waals surface area contributed by atoms with Crippen molar-refractivity contribution < 1.29 is 22.7 Å². The number of nitrogens with zero attached hydrogens (tertiary/aromatic N) is 2. The number of rotatable bonds is 5. The van der Waals surface area contributed by atoms with Crippen LogP contribution < -0.4 is 9.04 Å². The molecule has 1 heterocycles. The van der Waals surface area contributed by atoms with Gasteiger partial charge in [-0.1, -0.05) is 23.2 Å². The molecule has 10 heteroatoms. The maximum Gasteiger partial charge on any atom is 0.243 e. The zero-order valence-corrected chi connectivity index (χ0v) is 15.6. The summed E-state index contributed by atoms with van der Waals surface area (Å²) in [5, 5.41) is 0.361. The molecule has 7 nitrogen and oxygen atoms in total. The second-order valence-electron chi connectivity index (χ2n) is 5.20. The molecule has 0 bridgehead atoms. The van der Waals surface area contributed by atoms with Crippen molar-refractivity contribution in [3.05, 3.63) is 22.2 Å². The molecule has 24 heavy (non-hydrogen) atoms. The number of amides is 1. The summed E-state index contributed by atoms with van der Waals surface area (Å²) >= 11 is 12.1. The molecule has 0 saturated carbocycles. The molecule has 1 aliphatic heterocycles. The Kier molecular flexibility index (Phi) is 6.19. The lowest BCUT2D eigenvalue weighted by Crippen LogP contribution is -2.47. The number of hydrogen-bond donors (Lipinski definition) is 0. The van der Waals surface area contributed by atoms with Gasteiger partial charge >= 0.3 is 0 Å². The fourth-order valence-corrected chi connectivity index (χ4v) is 3.75. The molecule has 0 aliphatic carbocycles. The van der Waals surface area contributed by atoms with Crippen molar-refractivity contribution in [1.29, 1.82) is 0 Å². The molecular weight excluding hydrogens is 379 g/mol. The fraction of sp³-hybridized carbons (Fsp3) is 0.500. The van der Waals surface area contributed by atoms with Crippen LogP contribution in [-0.4, -0.2) is 65.4 Å². The van der Waals surface area contributed by atoms with Crippen molar-refractivity contribution in [1.82, 2.24) is 4.90 Å². The predicted molar refractivity (Wildman–Crippen MR) is 92.6 cm³/mol. The van der Waals surface area contributed by atoms with Crippen molar-refractivity contribution in [3.63, 3.8) is 0 Å². The molecule has 1 fully saturated rings. The molecule has 1 aliphatic rings. The van der Waals surface area contributed by atoms with E-state index in [1.54, 1.807) is 4.90 Å². The van der Waals surface area contributed by atoms with Gasteiger partial charge in [-0.05, 0) is 6.07 Å². The Morgan fingerprint density at radius 1 is 1.29 bits per heavy atom. The largest absolute Gasteiger partial charge is 0.495 e. The summed E-state index contributed by atoms with van der Waals surface area (Å²) < 4.78 is 35.6. The number of anilines is 1. The van der Waals surface area contributed by atoms with Gasteiger partial charge < -0.3 is 14.4 Å². The van der Waals surface area contributed by atoms with Crippen LogP contribution in [0.4, 0.5) is 5.69 Å². The van der Waals surface area contributed by atoms with E-state index in [9.17, 15) is 13.2 Å². The average Bonchev–Trinajstić information content (AvgIpc) is 2.53. The van der Waals surface area contributed by atoms with Crippen molar-refractivity contribution >= 4 is 44.8 Å². The summed E-state index contributed by atoms with van der Waals surface area (Å²) in [6.45, 7) is 1.35. The second-order valence-corrected chi connectivity index (χ2v) is 7.92. The Morgan fingerprint density at radius 3 is 2.46 bits per heavy atom. The molecule has 0 aromatic heterocycles. The number of methoxy groups -OCH3 is 1. The molecule has 134 valence electrons. The third-order valence-corrected chi connectivity index (χ3v) is 5.26. The molecule has 1 amide bonds. The van der Waals surface area contributed by atoms with Crippen LogP contribution in [0.2, 0.25) is 10.0 Å². The van der Waals surface area contributed by atoms with Crippen LogP contribution in [0.15, 0.2) is 12.1 Å². The molecule has 2 rings (SSSR count). The maximum absolute atomic E-state index is 12.4. The van der Waals surface area contributed by atoms with Crippen LogP contribution in [0.5, 0.6) is 5.75 Å². The first-order valence-corrected chi connectivity index (χ1v) is 9.70. The molecule has 0 N–H and O–H groups in total. The summed E-state index contributed by atoms with van der Waals surface area (Å²) in [7, 11) is -2.34. The van der Waals surface area contributed by atoms with Gasteiger partial charge in [0.15, 0.2) is 0 Å². The quantitative estimate of drug-likeness (QED) is 0.755. The molecule has 0 spiro atoms. The van der Waals surface area contributed by atoms with Gasteiger partial charge in [-0.15, -0.1) is 0 Å². The number of carbonyl (C=O) groups is 1. The van der Waals surface area contributed by atoms with E-state index in [2.05, 4.69) is 0 Å². The fourth-order valence-electron chi connectivity index (χ4n) is 2.28. The molecule has 1 aromatic rings. The number of sulfonamides is 1. The maximum atomic E-state index is 12.4. The van der Waals surface area contributed by atoms with Crippen molar-refractivity contribution in [3.8, 4) is 5.75 Å². The second kappa shape index (κ2) is 7.77. The lowest BCUT2D eigenvalue weighted by molar-refractivity contribution is -0.133. The minimum Gasteiger partial charge on any atom is -0.495 e. The minimum absolute atomic E-state index is 0.112. The zero-order valence-electron chi connectivity index (χ0n) is 13.3. The Hall–Kier alpha value is -1.22. The van der Waals surface area contributed by atoms with Crippen LogP contribution in [0.1, 0.15) is 0 Å². The SMILES string of the molecule is COc1cc(N(CC(=O)N2CCOCC2)S(C)(=O)=O)c(Cl)cc1Cl. The normalized spacial score (nSPS) is 15.2. The first-order chi connectivity index (χ1) is 11.2. The third-order valence-electron chi connectivity index (χ3n) is 3.53. The molecule has 1 aromatic carbocycles.